The highest BCUT2D eigenvalue weighted by atomic mass is 14.4. The maximum absolute atomic E-state index is 4.24. The molecule has 0 aromatic heterocycles. The van der Waals surface area contributed by atoms with E-state index in [9.17, 15) is 0 Å². The van der Waals surface area contributed by atoms with Gasteiger partial charge in [-0.25, -0.2) is 0 Å². The van der Waals surface area contributed by atoms with Crippen LogP contribution in [0, 0.1) is 17.8 Å². The molecule has 0 aromatic rings. The highest BCUT2D eigenvalue weighted by molar-refractivity contribution is 5.10. The molecule has 0 amide bonds. The lowest BCUT2D eigenvalue weighted by Crippen LogP contribution is -2.09. The second-order valence-corrected chi connectivity index (χ2v) is 5.85. The van der Waals surface area contributed by atoms with Gasteiger partial charge >= 0.3 is 0 Å². The van der Waals surface area contributed by atoms with E-state index in [-0.39, 0.29) is 0 Å². The Morgan fingerprint density at radius 3 is 2.47 bits per heavy atom. The van der Waals surface area contributed by atoms with Gasteiger partial charge in [-0.3, -0.25) is 0 Å². The number of allylic oxidation sites excluding steroid dienone is 4. The topological polar surface area (TPSA) is 0 Å². The molecule has 1 fully saturated rings. The summed E-state index contributed by atoms with van der Waals surface area (Å²) in [5.74, 6) is 2.42. The fourth-order valence-corrected chi connectivity index (χ4v) is 2.83. The molecule has 0 heteroatoms. The molecule has 96 valence electrons. The van der Waals surface area contributed by atoms with Crippen LogP contribution in [0.5, 0.6) is 0 Å². The van der Waals surface area contributed by atoms with Gasteiger partial charge in [-0.2, -0.15) is 0 Å². The van der Waals surface area contributed by atoms with Crippen LogP contribution in [-0.4, -0.2) is 0 Å². The van der Waals surface area contributed by atoms with Crippen molar-refractivity contribution in [2.45, 2.75) is 52.9 Å². The molecular weight excluding hydrogens is 204 g/mol. The zero-order chi connectivity index (χ0) is 12.8. The SMILES string of the molecule is C=C(C)CC/C=C\CC[C@H]1C(=C)C[C@@H](C)C1C. The molecule has 0 bridgehead atoms. The van der Waals surface area contributed by atoms with Crippen LogP contribution in [0.1, 0.15) is 52.9 Å². The van der Waals surface area contributed by atoms with E-state index in [4.69, 9.17) is 0 Å². The second-order valence-electron chi connectivity index (χ2n) is 5.85. The predicted molar refractivity (Wildman–Crippen MR) is 78.0 cm³/mol. The van der Waals surface area contributed by atoms with Crippen molar-refractivity contribution < 1.29 is 0 Å². The smallest absolute Gasteiger partial charge is 0.0174 e. The fraction of sp³-hybridized carbons (Fsp3) is 0.647. The minimum Gasteiger partial charge on any atom is -0.100 e. The third kappa shape index (κ3) is 4.53. The Hall–Kier alpha value is -0.780. The third-order valence-corrected chi connectivity index (χ3v) is 4.19. The van der Waals surface area contributed by atoms with Crippen LogP contribution in [0.2, 0.25) is 0 Å². The van der Waals surface area contributed by atoms with Crippen LogP contribution in [0.3, 0.4) is 0 Å². The lowest BCUT2D eigenvalue weighted by atomic mass is 9.88. The Kier molecular flexibility index (Phi) is 5.74. The summed E-state index contributed by atoms with van der Waals surface area (Å²) in [6.07, 6.45) is 10.6. The Morgan fingerprint density at radius 1 is 1.29 bits per heavy atom. The number of rotatable bonds is 6. The lowest BCUT2D eigenvalue weighted by molar-refractivity contribution is 0.357. The van der Waals surface area contributed by atoms with Crippen LogP contribution in [0.4, 0.5) is 0 Å². The highest BCUT2D eigenvalue weighted by Crippen LogP contribution is 2.42. The van der Waals surface area contributed by atoms with Crippen LogP contribution in [0.15, 0.2) is 36.5 Å². The largest absolute Gasteiger partial charge is 0.100 e. The van der Waals surface area contributed by atoms with Gasteiger partial charge in [0.2, 0.25) is 0 Å². The van der Waals surface area contributed by atoms with Gasteiger partial charge < -0.3 is 0 Å². The highest BCUT2D eigenvalue weighted by Gasteiger charge is 2.31. The first-order valence-corrected chi connectivity index (χ1v) is 6.99. The van der Waals surface area contributed by atoms with E-state index in [0.717, 1.165) is 30.6 Å². The summed E-state index contributed by atoms with van der Waals surface area (Å²) in [5.41, 5.74) is 2.77. The first-order valence-electron chi connectivity index (χ1n) is 6.99. The summed E-state index contributed by atoms with van der Waals surface area (Å²) in [6.45, 7) is 15.0. The molecule has 0 heterocycles. The molecule has 1 aliphatic rings. The van der Waals surface area contributed by atoms with Crippen molar-refractivity contribution in [1.82, 2.24) is 0 Å². The summed E-state index contributed by atoms with van der Waals surface area (Å²) >= 11 is 0. The molecule has 0 aliphatic heterocycles. The van der Waals surface area contributed by atoms with Crippen molar-refractivity contribution >= 4 is 0 Å². The Balaban J connectivity index is 2.22. The summed E-state index contributed by atoms with van der Waals surface area (Å²) in [7, 11) is 0. The van der Waals surface area contributed by atoms with Crippen molar-refractivity contribution in [3.8, 4) is 0 Å². The Labute approximate surface area is 108 Å². The average Bonchev–Trinajstić information content (AvgIpc) is 2.48. The fourth-order valence-electron chi connectivity index (χ4n) is 2.83. The van der Waals surface area contributed by atoms with Crippen LogP contribution in [-0.2, 0) is 0 Å². The van der Waals surface area contributed by atoms with Gasteiger partial charge in [0.05, 0.1) is 0 Å². The molecule has 1 rings (SSSR count). The van der Waals surface area contributed by atoms with E-state index < -0.39 is 0 Å². The van der Waals surface area contributed by atoms with Gasteiger partial charge in [-0.1, -0.05) is 43.7 Å². The van der Waals surface area contributed by atoms with Crippen LogP contribution >= 0.6 is 0 Å². The Bertz CT molecular complexity index is 295. The van der Waals surface area contributed by atoms with Crippen molar-refractivity contribution in [2.75, 3.05) is 0 Å². The molecule has 0 saturated heterocycles. The standard InChI is InChI=1S/C17H28/c1-13(2)10-8-6-7-9-11-17-15(4)12-14(3)16(17)5/h6-7,14,16-17H,1,4,8-12H2,2-3,5H3/b7-6-/t14-,16?,17+/m1/s1. The van der Waals surface area contributed by atoms with Crippen molar-refractivity contribution in [2.24, 2.45) is 17.8 Å². The predicted octanol–water partition coefficient (Wildman–Crippen LogP) is 5.53. The molecule has 0 N–H and O–H groups in total. The average molecular weight is 232 g/mol. The minimum atomic E-state index is 0.760. The van der Waals surface area contributed by atoms with E-state index in [0.29, 0.717) is 0 Å². The van der Waals surface area contributed by atoms with Crippen LogP contribution in [0.25, 0.3) is 0 Å². The zero-order valence-corrected chi connectivity index (χ0v) is 11.8. The van der Waals surface area contributed by atoms with Gasteiger partial charge in [0, 0.05) is 0 Å². The third-order valence-electron chi connectivity index (χ3n) is 4.19. The van der Waals surface area contributed by atoms with Crippen molar-refractivity contribution in [3.63, 3.8) is 0 Å². The molecule has 0 spiro atoms. The van der Waals surface area contributed by atoms with E-state index in [1.54, 1.807) is 0 Å². The molecular formula is C17H28. The van der Waals surface area contributed by atoms with E-state index in [2.05, 4.69) is 46.1 Å². The summed E-state index contributed by atoms with van der Waals surface area (Å²) in [4.78, 5) is 0. The minimum absolute atomic E-state index is 0.760. The summed E-state index contributed by atoms with van der Waals surface area (Å²) < 4.78 is 0. The van der Waals surface area contributed by atoms with Gasteiger partial charge in [0.1, 0.15) is 0 Å². The summed E-state index contributed by atoms with van der Waals surface area (Å²) in [6, 6.07) is 0. The molecule has 1 aliphatic carbocycles. The van der Waals surface area contributed by atoms with Gasteiger partial charge in [0.25, 0.3) is 0 Å². The molecule has 17 heavy (non-hydrogen) atoms. The molecule has 0 radical (unpaired) electrons. The Morgan fingerprint density at radius 2 is 1.94 bits per heavy atom. The van der Waals surface area contributed by atoms with E-state index >= 15 is 0 Å². The van der Waals surface area contributed by atoms with Gasteiger partial charge in [0.15, 0.2) is 0 Å². The zero-order valence-electron chi connectivity index (χ0n) is 11.8. The maximum Gasteiger partial charge on any atom is -0.0174 e. The second kappa shape index (κ2) is 6.83. The molecule has 1 saturated carbocycles. The molecule has 1 unspecified atom stereocenters. The number of hydrogen-bond donors (Lipinski definition) is 0. The first-order chi connectivity index (χ1) is 8.02. The van der Waals surface area contributed by atoms with Gasteiger partial charge in [-0.05, 0) is 56.8 Å². The van der Waals surface area contributed by atoms with Crippen molar-refractivity contribution in [3.05, 3.63) is 36.5 Å². The number of hydrogen-bond acceptors (Lipinski definition) is 0. The summed E-state index contributed by atoms with van der Waals surface area (Å²) in [5, 5.41) is 0. The monoisotopic (exact) mass is 232 g/mol. The maximum atomic E-state index is 4.24. The quantitative estimate of drug-likeness (QED) is 0.528. The molecule has 0 nitrogen and oxygen atoms in total. The normalized spacial score (nSPS) is 29.1. The van der Waals surface area contributed by atoms with Crippen molar-refractivity contribution in [1.29, 1.82) is 0 Å². The van der Waals surface area contributed by atoms with Gasteiger partial charge in [-0.15, -0.1) is 6.58 Å². The first kappa shape index (κ1) is 14.3. The van der Waals surface area contributed by atoms with E-state index in [1.165, 1.54) is 30.4 Å². The molecule has 0 aromatic carbocycles. The van der Waals surface area contributed by atoms with E-state index in [1.807, 2.05) is 0 Å². The van der Waals surface area contributed by atoms with Crippen LogP contribution < -0.4 is 0 Å². The molecule has 3 atom stereocenters. The lowest BCUT2D eigenvalue weighted by Gasteiger charge is -2.17.